The van der Waals surface area contributed by atoms with Crippen LogP contribution in [0.1, 0.15) is 70.3 Å². The minimum atomic E-state index is 0.0989. The Morgan fingerprint density at radius 3 is 2.15 bits per heavy atom. The van der Waals surface area contributed by atoms with Crippen LogP contribution in [0.3, 0.4) is 0 Å². The molecule has 1 saturated carbocycles. The monoisotopic (exact) mass is 364 g/mol. The summed E-state index contributed by atoms with van der Waals surface area (Å²) in [6.45, 7) is 4.91. The fraction of sp³-hybridized carbons (Fsp3) is 0.480. The average Bonchev–Trinajstić information content (AvgIpc) is 2.69. The van der Waals surface area contributed by atoms with E-state index in [4.69, 9.17) is 4.74 Å². The normalized spacial score (nSPS) is 19.9. The molecule has 27 heavy (non-hydrogen) atoms. The highest BCUT2D eigenvalue weighted by atomic mass is 16.5. The lowest BCUT2D eigenvalue weighted by Crippen LogP contribution is -2.23. The standard InChI is InChI=1S/C25H32O2/c1-3-5-6-7-19-8-17-24(25(26)18-19)22-11-9-20(10-12-22)21-13-15-23(16-14-21)27-4-2/h9-16,19,24H,3-8,17-18H2,1-2H3/t19-,24+/m0/s1. The highest BCUT2D eigenvalue weighted by Crippen LogP contribution is 2.36. The number of carbonyl (C=O) groups is 1. The van der Waals surface area contributed by atoms with Crippen LogP contribution < -0.4 is 4.74 Å². The van der Waals surface area contributed by atoms with Gasteiger partial charge >= 0.3 is 0 Å². The smallest absolute Gasteiger partial charge is 0.140 e. The SMILES string of the molecule is CCCCC[C@H]1CC[C@H](c2ccc(-c3ccc(OCC)cc3)cc2)C(=O)C1. The van der Waals surface area contributed by atoms with E-state index in [0.717, 1.165) is 18.6 Å². The van der Waals surface area contributed by atoms with Crippen LogP contribution in [0.2, 0.25) is 0 Å². The maximum Gasteiger partial charge on any atom is 0.140 e. The Morgan fingerprint density at radius 1 is 0.889 bits per heavy atom. The molecule has 2 atom stereocenters. The number of rotatable bonds is 8. The van der Waals surface area contributed by atoms with E-state index in [2.05, 4.69) is 43.3 Å². The van der Waals surface area contributed by atoms with Gasteiger partial charge in [-0.1, -0.05) is 69.0 Å². The van der Waals surface area contributed by atoms with Crippen molar-refractivity contribution in [1.82, 2.24) is 0 Å². The van der Waals surface area contributed by atoms with Crippen molar-refractivity contribution in [2.75, 3.05) is 6.61 Å². The average molecular weight is 365 g/mol. The molecule has 0 N–H and O–H groups in total. The Hall–Kier alpha value is -2.09. The molecule has 0 saturated heterocycles. The first-order valence-electron chi connectivity index (χ1n) is 10.6. The molecular formula is C25H32O2. The minimum Gasteiger partial charge on any atom is -0.494 e. The molecule has 3 rings (SSSR count). The second-order valence-electron chi connectivity index (χ2n) is 7.74. The Balaban J connectivity index is 1.61. The number of ether oxygens (including phenoxy) is 1. The highest BCUT2D eigenvalue weighted by Gasteiger charge is 2.29. The molecule has 0 aliphatic heterocycles. The third-order valence-electron chi connectivity index (χ3n) is 5.77. The molecule has 1 aliphatic carbocycles. The van der Waals surface area contributed by atoms with E-state index in [1.54, 1.807) is 0 Å². The summed E-state index contributed by atoms with van der Waals surface area (Å²) in [5.41, 5.74) is 3.54. The number of hydrogen-bond donors (Lipinski definition) is 0. The van der Waals surface area contributed by atoms with Crippen molar-refractivity contribution in [3.8, 4) is 16.9 Å². The van der Waals surface area contributed by atoms with Gasteiger partial charge in [-0.15, -0.1) is 0 Å². The summed E-state index contributed by atoms with van der Waals surface area (Å²) in [7, 11) is 0. The molecule has 2 heteroatoms. The molecule has 2 aromatic rings. The molecule has 2 aromatic carbocycles. The molecular weight excluding hydrogens is 332 g/mol. The van der Waals surface area contributed by atoms with Crippen molar-refractivity contribution in [3.05, 3.63) is 54.1 Å². The van der Waals surface area contributed by atoms with Gasteiger partial charge in [0.15, 0.2) is 0 Å². The first-order valence-corrected chi connectivity index (χ1v) is 10.6. The molecule has 0 heterocycles. The fourth-order valence-electron chi connectivity index (χ4n) is 4.19. The third-order valence-corrected chi connectivity index (χ3v) is 5.77. The molecule has 0 spiro atoms. The van der Waals surface area contributed by atoms with Crippen LogP contribution in [0.4, 0.5) is 0 Å². The topological polar surface area (TPSA) is 26.3 Å². The lowest BCUT2D eigenvalue weighted by molar-refractivity contribution is -0.123. The van der Waals surface area contributed by atoms with Crippen molar-refractivity contribution < 1.29 is 9.53 Å². The summed E-state index contributed by atoms with van der Waals surface area (Å²) in [6, 6.07) is 16.8. The quantitative estimate of drug-likeness (QED) is 0.482. The molecule has 0 radical (unpaired) electrons. The van der Waals surface area contributed by atoms with Crippen LogP contribution in [-0.4, -0.2) is 12.4 Å². The molecule has 1 fully saturated rings. The van der Waals surface area contributed by atoms with Gasteiger partial charge in [0.25, 0.3) is 0 Å². The van der Waals surface area contributed by atoms with E-state index in [9.17, 15) is 4.79 Å². The number of carbonyl (C=O) groups excluding carboxylic acids is 1. The van der Waals surface area contributed by atoms with Gasteiger partial charge in [-0.2, -0.15) is 0 Å². The number of benzene rings is 2. The molecule has 0 amide bonds. The fourth-order valence-corrected chi connectivity index (χ4v) is 4.19. The van der Waals surface area contributed by atoms with Crippen LogP contribution in [-0.2, 0) is 4.79 Å². The van der Waals surface area contributed by atoms with Crippen LogP contribution >= 0.6 is 0 Å². The Morgan fingerprint density at radius 2 is 1.56 bits per heavy atom. The Labute approximate surface area is 164 Å². The summed E-state index contributed by atoms with van der Waals surface area (Å²) in [5.74, 6) is 2.06. The van der Waals surface area contributed by atoms with Gasteiger partial charge < -0.3 is 4.74 Å². The van der Waals surface area contributed by atoms with Crippen molar-refractivity contribution >= 4 is 5.78 Å². The zero-order valence-corrected chi connectivity index (χ0v) is 16.7. The summed E-state index contributed by atoms with van der Waals surface area (Å²) in [6.07, 6.45) is 8.03. The Kier molecular flexibility index (Phi) is 7.09. The third kappa shape index (κ3) is 5.22. The predicted molar refractivity (Wildman–Crippen MR) is 112 cm³/mol. The number of ketones is 1. The number of hydrogen-bond acceptors (Lipinski definition) is 2. The van der Waals surface area contributed by atoms with Gasteiger partial charge in [0.05, 0.1) is 6.61 Å². The summed E-state index contributed by atoms with van der Waals surface area (Å²) in [4.78, 5) is 12.7. The molecule has 2 nitrogen and oxygen atoms in total. The first-order chi connectivity index (χ1) is 13.2. The number of unbranched alkanes of at least 4 members (excludes halogenated alkanes) is 2. The maximum atomic E-state index is 12.7. The lowest BCUT2D eigenvalue weighted by Gasteiger charge is -2.27. The van der Waals surface area contributed by atoms with E-state index >= 15 is 0 Å². The van der Waals surface area contributed by atoms with Crippen LogP contribution in [0.15, 0.2) is 48.5 Å². The Bertz CT molecular complexity index is 715. The van der Waals surface area contributed by atoms with Crippen molar-refractivity contribution in [1.29, 1.82) is 0 Å². The lowest BCUT2D eigenvalue weighted by atomic mass is 9.76. The maximum absolute atomic E-state index is 12.7. The first kappa shape index (κ1) is 19.7. The van der Waals surface area contributed by atoms with Crippen LogP contribution in [0, 0.1) is 5.92 Å². The van der Waals surface area contributed by atoms with E-state index in [1.807, 2.05) is 19.1 Å². The van der Waals surface area contributed by atoms with Gasteiger partial charge in [0.2, 0.25) is 0 Å². The van der Waals surface area contributed by atoms with Crippen LogP contribution in [0.25, 0.3) is 11.1 Å². The van der Waals surface area contributed by atoms with E-state index in [1.165, 1.54) is 48.8 Å². The van der Waals surface area contributed by atoms with E-state index in [-0.39, 0.29) is 5.92 Å². The van der Waals surface area contributed by atoms with Crippen molar-refractivity contribution in [2.45, 2.75) is 64.7 Å². The zero-order valence-electron chi connectivity index (χ0n) is 16.7. The minimum absolute atomic E-state index is 0.0989. The van der Waals surface area contributed by atoms with Gasteiger partial charge in [-0.3, -0.25) is 4.79 Å². The number of Topliss-reactive ketones (excluding diaryl/α,β-unsaturated/α-hetero) is 1. The summed E-state index contributed by atoms with van der Waals surface area (Å²) < 4.78 is 5.51. The molecule has 144 valence electrons. The van der Waals surface area contributed by atoms with Crippen molar-refractivity contribution in [2.24, 2.45) is 5.92 Å². The summed E-state index contributed by atoms with van der Waals surface area (Å²) >= 11 is 0. The second-order valence-corrected chi connectivity index (χ2v) is 7.74. The van der Waals surface area contributed by atoms with Gasteiger partial charge in [-0.05, 0) is 54.5 Å². The zero-order chi connectivity index (χ0) is 19.1. The highest BCUT2D eigenvalue weighted by molar-refractivity contribution is 5.86. The molecule has 0 aromatic heterocycles. The van der Waals surface area contributed by atoms with E-state index < -0.39 is 0 Å². The van der Waals surface area contributed by atoms with Gasteiger partial charge in [0.1, 0.15) is 11.5 Å². The molecule has 1 aliphatic rings. The molecule has 0 bridgehead atoms. The van der Waals surface area contributed by atoms with Gasteiger partial charge in [0, 0.05) is 12.3 Å². The predicted octanol–water partition coefficient (Wildman–Crippen LogP) is 6.79. The van der Waals surface area contributed by atoms with Crippen molar-refractivity contribution in [3.63, 3.8) is 0 Å². The molecule has 0 unspecified atom stereocenters. The van der Waals surface area contributed by atoms with E-state index in [0.29, 0.717) is 18.3 Å². The summed E-state index contributed by atoms with van der Waals surface area (Å²) in [5, 5.41) is 0. The largest absolute Gasteiger partial charge is 0.494 e. The second kappa shape index (κ2) is 9.73. The van der Waals surface area contributed by atoms with Crippen LogP contribution in [0.5, 0.6) is 5.75 Å². The van der Waals surface area contributed by atoms with Gasteiger partial charge in [-0.25, -0.2) is 0 Å².